The zero-order chi connectivity index (χ0) is 17.1. The van der Waals surface area contributed by atoms with Crippen LogP contribution >= 0.6 is 0 Å². The highest BCUT2D eigenvalue weighted by molar-refractivity contribution is 5.94. The fraction of sp³-hybridized carbons (Fsp3) is 0.353. The Hall–Kier alpha value is -2.83. The maximum Gasteiger partial charge on any atom is 0.319 e. The quantitative estimate of drug-likeness (QED) is 0.895. The Morgan fingerprint density at radius 1 is 1.33 bits per heavy atom. The highest BCUT2D eigenvalue weighted by Crippen LogP contribution is 2.13. The number of urea groups is 1. The van der Waals surface area contributed by atoms with Gasteiger partial charge in [0.05, 0.1) is 0 Å². The highest BCUT2D eigenvalue weighted by Gasteiger charge is 2.30. The Morgan fingerprint density at radius 3 is 2.67 bits per heavy atom. The number of likely N-dealkylation sites (N-methyl/N-ethyl adjacent to an activating group) is 1. The molecule has 0 radical (unpaired) electrons. The van der Waals surface area contributed by atoms with Gasteiger partial charge in [-0.15, -0.1) is 0 Å². The summed E-state index contributed by atoms with van der Waals surface area (Å²) in [6.45, 7) is 3.37. The first kappa shape index (κ1) is 16.0. The summed E-state index contributed by atoms with van der Waals surface area (Å²) in [5, 5.41) is 5.47. The number of benzene rings is 1. The normalized spacial score (nSPS) is 17.2. The smallest absolute Gasteiger partial charge is 0.319 e. The first-order chi connectivity index (χ1) is 11.5. The van der Waals surface area contributed by atoms with Crippen molar-refractivity contribution in [2.75, 3.05) is 18.9 Å². The number of anilines is 1. The van der Waals surface area contributed by atoms with E-state index in [0.29, 0.717) is 18.7 Å². The minimum atomic E-state index is -0.432. The molecule has 0 aliphatic carbocycles. The molecule has 0 saturated carbocycles. The van der Waals surface area contributed by atoms with Crippen LogP contribution in [0.15, 0.2) is 36.7 Å². The van der Waals surface area contributed by atoms with Crippen molar-refractivity contribution < 1.29 is 9.59 Å². The molecule has 1 aliphatic rings. The standard InChI is InChI=1S/C17H21N5O2/c1-12-18-8-10-22(12)11-13-3-5-14(6-4-13)19-17(24)20-15-7-9-21(2)16(15)23/h3-6,8,10,15H,7,9,11H2,1-2H3,(H2,19,20,24)/t15-/m0/s1. The van der Waals surface area contributed by atoms with Gasteiger partial charge >= 0.3 is 6.03 Å². The Bertz CT molecular complexity index is 738. The molecule has 24 heavy (non-hydrogen) atoms. The zero-order valence-corrected chi connectivity index (χ0v) is 13.8. The van der Waals surface area contributed by atoms with E-state index in [1.807, 2.05) is 37.4 Å². The Morgan fingerprint density at radius 2 is 2.08 bits per heavy atom. The SMILES string of the molecule is Cc1nccn1Cc1ccc(NC(=O)N[C@H]2CCN(C)C2=O)cc1. The van der Waals surface area contributed by atoms with E-state index < -0.39 is 6.04 Å². The van der Waals surface area contributed by atoms with Crippen molar-refractivity contribution in [3.63, 3.8) is 0 Å². The van der Waals surface area contributed by atoms with Crippen LogP contribution in [0.5, 0.6) is 0 Å². The first-order valence-electron chi connectivity index (χ1n) is 7.92. The van der Waals surface area contributed by atoms with Gasteiger partial charge in [0.2, 0.25) is 5.91 Å². The number of aryl methyl sites for hydroxylation is 1. The summed E-state index contributed by atoms with van der Waals surface area (Å²) in [6, 6.07) is 6.83. The van der Waals surface area contributed by atoms with E-state index in [1.54, 1.807) is 18.1 Å². The van der Waals surface area contributed by atoms with E-state index in [9.17, 15) is 9.59 Å². The average Bonchev–Trinajstić information content (AvgIpc) is 3.10. The number of amides is 3. The second-order valence-electron chi connectivity index (χ2n) is 6.00. The van der Waals surface area contributed by atoms with E-state index in [4.69, 9.17) is 0 Å². The summed E-state index contributed by atoms with van der Waals surface area (Å²) in [5.41, 5.74) is 1.81. The van der Waals surface area contributed by atoms with Gasteiger partial charge < -0.3 is 20.1 Å². The van der Waals surface area contributed by atoms with E-state index >= 15 is 0 Å². The molecule has 1 saturated heterocycles. The summed E-state index contributed by atoms with van der Waals surface area (Å²) >= 11 is 0. The second kappa shape index (κ2) is 6.74. The minimum Gasteiger partial charge on any atom is -0.344 e. The van der Waals surface area contributed by atoms with E-state index in [-0.39, 0.29) is 11.9 Å². The van der Waals surface area contributed by atoms with Crippen molar-refractivity contribution in [1.82, 2.24) is 19.8 Å². The topological polar surface area (TPSA) is 79.3 Å². The van der Waals surface area contributed by atoms with Crippen LogP contribution in [0.4, 0.5) is 10.5 Å². The lowest BCUT2D eigenvalue weighted by molar-refractivity contribution is -0.128. The molecular weight excluding hydrogens is 306 g/mol. The molecular formula is C17H21N5O2. The van der Waals surface area contributed by atoms with Crippen LogP contribution < -0.4 is 10.6 Å². The molecule has 2 aromatic rings. The molecule has 7 heteroatoms. The van der Waals surface area contributed by atoms with E-state index in [2.05, 4.69) is 20.2 Å². The van der Waals surface area contributed by atoms with E-state index in [1.165, 1.54) is 0 Å². The van der Waals surface area contributed by atoms with Gasteiger partial charge in [-0.05, 0) is 31.0 Å². The zero-order valence-electron chi connectivity index (χ0n) is 13.8. The van der Waals surface area contributed by atoms with Gasteiger partial charge in [0.1, 0.15) is 11.9 Å². The van der Waals surface area contributed by atoms with Gasteiger partial charge in [0, 0.05) is 38.2 Å². The highest BCUT2D eigenvalue weighted by atomic mass is 16.2. The summed E-state index contributed by atoms with van der Waals surface area (Å²) in [4.78, 5) is 29.6. The van der Waals surface area contributed by atoms with Crippen LogP contribution in [0.2, 0.25) is 0 Å². The van der Waals surface area contributed by atoms with Crippen molar-refractivity contribution in [1.29, 1.82) is 0 Å². The number of aromatic nitrogens is 2. The van der Waals surface area contributed by atoms with Gasteiger partial charge in [-0.1, -0.05) is 12.1 Å². The third kappa shape index (κ3) is 3.56. The van der Waals surface area contributed by atoms with Gasteiger partial charge in [0.25, 0.3) is 0 Å². The number of carbonyl (C=O) groups is 2. The van der Waals surface area contributed by atoms with Gasteiger partial charge in [-0.25, -0.2) is 9.78 Å². The molecule has 0 spiro atoms. The fourth-order valence-electron chi connectivity index (χ4n) is 2.74. The minimum absolute atomic E-state index is 0.0452. The summed E-state index contributed by atoms with van der Waals surface area (Å²) in [6.07, 6.45) is 4.36. The number of hydrogen-bond donors (Lipinski definition) is 2. The van der Waals surface area contributed by atoms with Crippen LogP contribution in [-0.4, -0.2) is 46.0 Å². The molecule has 7 nitrogen and oxygen atoms in total. The average molecular weight is 327 g/mol. The number of nitrogens with one attached hydrogen (secondary N) is 2. The first-order valence-corrected chi connectivity index (χ1v) is 7.92. The monoisotopic (exact) mass is 327 g/mol. The predicted molar refractivity (Wildman–Crippen MR) is 90.7 cm³/mol. The Kier molecular flexibility index (Phi) is 4.50. The lowest BCUT2D eigenvalue weighted by atomic mass is 10.2. The van der Waals surface area contributed by atoms with Gasteiger partial charge in [0.15, 0.2) is 0 Å². The third-order valence-corrected chi connectivity index (χ3v) is 4.22. The van der Waals surface area contributed by atoms with E-state index in [0.717, 1.165) is 17.9 Å². The summed E-state index contributed by atoms with van der Waals surface area (Å²) in [5.74, 6) is 0.916. The number of rotatable bonds is 4. The molecule has 0 unspecified atom stereocenters. The van der Waals surface area contributed by atoms with Gasteiger partial charge in [-0.2, -0.15) is 0 Å². The molecule has 1 aromatic heterocycles. The Labute approximate surface area is 140 Å². The third-order valence-electron chi connectivity index (χ3n) is 4.22. The van der Waals surface area contributed by atoms with Crippen LogP contribution in [0.1, 0.15) is 17.8 Å². The second-order valence-corrected chi connectivity index (χ2v) is 6.00. The number of carbonyl (C=O) groups excluding carboxylic acids is 2. The largest absolute Gasteiger partial charge is 0.344 e. The molecule has 1 aliphatic heterocycles. The molecule has 1 atom stereocenters. The molecule has 1 fully saturated rings. The maximum atomic E-state index is 12.0. The van der Waals surface area contributed by atoms with Crippen molar-refractivity contribution in [2.45, 2.75) is 25.9 Å². The number of likely N-dealkylation sites (tertiary alicyclic amines) is 1. The molecule has 0 bridgehead atoms. The summed E-state index contributed by atoms with van der Waals surface area (Å²) in [7, 11) is 1.74. The molecule has 1 aromatic carbocycles. The maximum absolute atomic E-state index is 12.0. The lowest BCUT2D eigenvalue weighted by Gasteiger charge is -2.13. The molecule has 3 rings (SSSR count). The van der Waals surface area contributed by atoms with Crippen molar-refractivity contribution >= 4 is 17.6 Å². The summed E-state index contributed by atoms with van der Waals surface area (Å²) < 4.78 is 2.05. The predicted octanol–water partition coefficient (Wildman–Crippen LogP) is 1.59. The van der Waals surface area contributed by atoms with Crippen LogP contribution in [0, 0.1) is 6.92 Å². The van der Waals surface area contributed by atoms with Crippen molar-refractivity contribution in [3.05, 3.63) is 48.0 Å². The molecule has 2 heterocycles. The van der Waals surface area contributed by atoms with Crippen LogP contribution in [-0.2, 0) is 11.3 Å². The van der Waals surface area contributed by atoms with Crippen LogP contribution in [0.25, 0.3) is 0 Å². The molecule has 3 amide bonds. The number of hydrogen-bond acceptors (Lipinski definition) is 3. The molecule has 2 N–H and O–H groups in total. The number of nitrogens with zero attached hydrogens (tertiary/aromatic N) is 3. The molecule has 126 valence electrons. The van der Waals surface area contributed by atoms with Crippen molar-refractivity contribution in [2.24, 2.45) is 0 Å². The fourth-order valence-corrected chi connectivity index (χ4v) is 2.74. The number of imidazole rings is 1. The lowest BCUT2D eigenvalue weighted by Crippen LogP contribution is -2.42. The van der Waals surface area contributed by atoms with Crippen LogP contribution in [0.3, 0.4) is 0 Å². The van der Waals surface area contributed by atoms with Crippen molar-refractivity contribution in [3.8, 4) is 0 Å². The van der Waals surface area contributed by atoms with Gasteiger partial charge in [-0.3, -0.25) is 4.79 Å². The Balaban J connectivity index is 1.55.